The summed E-state index contributed by atoms with van der Waals surface area (Å²) in [7, 11) is 1.33. The van der Waals surface area contributed by atoms with Crippen molar-refractivity contribution in [3.05, 3.63) is 53.5 Å². The summed E-state index contributed by atoms with van der Waals surface area (Å²) < 4.78 is 10.7. The van der Waals surface area contributed by atoms with Gasteiger partial charge in [-0.3, -0.25) is 9.59 Å². The molecule has 230 valence electrons. The summed E-state index contributed by atoms with van der Waals surface area (Å²) in [5.41, 5.74) is 0.354. The fourth-order valence-corrected chi connectivity index (χ4v) is 4.87. The van der Waals surface area contributed by atoms with Crippen molar-refractivity contribution in [3.8, 4) is 0 Å². The molecule has 2 atom stereocenters. The van der Waals surface area contributed by atoms with Crippen LogP contribution in [0.1, 0.15) is 83.6 Å². The summed E-state index contributed by atoms with van der Waals surface area (Å²) in [6, 6.07) is 9.44. The summed E-state index contributed by atoms with van der Waals surface area (Å²) in [5, 5.41) is 3.37. The minimum atomic E-state index is -0.705. The number of nitrogens with one attached hydrogen (secondary N) is 1. The first-order valence-electron chi connectivity index (χ1n) is 14.6. The van der Waals surface area contributed by atoms with Crippen molar-refractivity contribution in [1.29, 1.82) is 0 Å². The number of likely N-dealkylation sites (tertiary alicyclic amines) is 1. The maximum absolute atomic E-state index is 14.4. The molecule has 0 spiro atoms. The van der Waals surface area contributed by atoms with Gasteiger partial charge in [-0.05, 0) is 38.7 Å². The monoisotopic (exact) mass is 581 g/mol. The third-order valence-electron chi connectivity index (χ3n) is 6.87. The third-order valence-corrected chi connectivity index (χ3v) is 6.87. The van der Waals surface area contributed by atoms with E-state index >= 15 is 0 Å². The second-order valence-corrected chi connectivity index (χ2v) is 13.4. The summed E-state index contributed by atoms with van der Waals surface area (Å²) in [5.74, 6) is -0.101. The molecule has 42 heavy (non-hydrogen) atoms. The van der Waals surface area contributed by atoms with Gasteiger partial charge in [0.2, 0.25) is 0 Å². The lowest BCUT2D eigenvalue weighted by atomic mass is 9.92. The van der Waals surface area contributed by atoms with Crippen LogP contribution in [0.3, 0.4) is 0 Å². The summed E-state index contributed by atoms with van der Waals surface area (Å²) >= 11 is 0. The molecule has 2 aromatic rings. The number of hydrogen-bond donors (Lipinski definition) is 1. The van der Waals surface area contributed by atoms with E-state index in [1.807, 2.05) is 65.0 Å². The van der Waals surface area contributed by atoms with E-state index in [4.69, 9.17) is 14.5 Å². The number of aromatic nitrogens is 2. The standard InChI is InChI=1S/C32H47N5O5/c1-21(2)18-37(24-15-23(28(39)41-9)19-36(20-24)30(40)42-32(6,7)8)27(38)25-17-34-29(31(3,4)5)35-26(25)33-16-22-13-11-10-12-14-22/h10-14,17,21,23-24H,15-16,18-20H2,1-9H3,(H,33,34,35)/t23?,24-/m0/s1. The Morgan fingerprint density at radius 1 is 1.07 bits per heavy atom. The highest BCUT2D eigenvalue weighted by Crippen LogP contribution is 2.28. The summed E-state index contributed by atoms with van der Waals surface area (Å²) in [4.78, 5) is 52.9. The van der Waals surface area contributed by atoms with E-state index in [-0.39, 0.29) is 30.3 Å². The molecular formula is C32H47N5O5. The van der Waals surface area contributed by atoms with Crippen molar-refractivity contribution in [1.82, 2.24) is 19.8 Å². The molecule has 0 saturated carbocycles. The molecular weight excluding hydrogens is 534 g/mol. The Morgan fingerprint density at radius 3 is 2.31 bits per heavy atom. The van der Waals surface area contributed by atoms with E-state index in [9.17, 15) is 14.4 Å². The van der Waals surface area contributed by atoms with Gasteiger partial charge in [0.25, 0.3) is 5.91 Å². The zero-order valence-electron chi connectivity index (χ0n) is 26.6. The van der Waals surface area contributed by atoms with Crippen molar-refractivity contribution in [2.24, 2.45) is 11.8 Å². The Balaban J connectivity index is 2.01. The minimum Gasteiger partial charge on any atom is -0.469 e. The van der Waals surface area contributed by atoms with Crippen LogP contribution < -0.4 is 5.32 Å². The van der Waals surface area contributed by atoms with Gasteiger partial charge >= 0.3 is 12.1 Å². The predicted octanol–water partition coefficient (Wildman–Crippen LogP) is 5.28. The van der Waals surface area contributed by atoms with Crippen LogP contribution >= 0.6 is 0 Å². The van der Waals surface area contributed by atoms with E-state index in [1.54, 1.807) is 31.9 Å². The fraction of sp³-hybridized carbons (Fsp3) is 0.594. The number of carbonyl (C=O) groups is 3. The topological polar surface area (TPSA) is 114 Å². The molecule has 2 heterocycles. The van der Waals surface area contributed by atoms with E-state index in [0.717, 1.165) is 5.56 Å². The Labute approximate surface area is 250 Å². The van der Waals surface area contributed by atoms with E-state index < -0.39 is 29.6 Å². The van der Waals surface area contributed by atoms with E-state index in [0.29, 0.717) is 36.7 Å². The first-order chi connectivity index (χ1) is 19.6. The molecule has 1 N–H and O–H groups in total. The highest BCUT2D eigenvalue weighted by molar-refractivity contribution is 5.98. The number of carbonyl (C=O) groups excluding carboxylic acids is 3. The lowest BCUT2D eigenvalue weighted by Crippen LogP contribution is -2.57. The first kappa shape index (κ1) is 32.8. The molecule has 1 aliphatic heterocycles. The number of amides is 2. The van der Waals surface area contributed by atoms with Crippen LogP contribution in [0.25, 0.3) is 0 Å². The number of anilines is 1. The predicted molar refractivity (Wildman–Crippen MR) is 162 cm³/mol. The highest BCUT2D eigenvalue weighted by Gasteiger charge is 2.40. The molecule has 2 amide bonds. The molecule has 0 radical (unpaired) electrons. The average molecular weight is 582 g/mol. The number of esters is 1. The van der Waals surface area contributed by atoms with Crippen LogP contribution in [0.4, 0.5) is 10.6 Å². The minimum absolute atomic E-state index is 0.123. The Kier molecular flexibility index (Phi) is 10.6. The van der Waals surface area contributed by atoms with Crippen molar-refractivity contribution in [2.45, 2.75) is 85.4 Å². The number of methoxy groups -OCH3 is 1. The van der Waals surface area contributed by atoms with E-state index in [1.165, 1.54) is 12.0 Å². The number of hydrogen-bond acceptors (Lipinski definition) is 8. The third kappa shape index (κ3) is 8.90. The lowest BCUT2D eigenvalue weighted by molar-refractivity contribution is -0.148. The molecule has 1 fully saturated rings. The largest absolute Gasteiger partial charge is 0.469 e. The molecule has 0 aliphatic carbocycles. The quantitative estimate of drug-likeness (QED) is 0.419. The van der Waals surface area contributed by atoms with Crippen LogP contribution in [-0.4, -0.2) is 76.1 Å². The van der Waals surface area contributed by atoms with Gasteiger partial charge in [0, 0.05) is 37.8 Å². The van der Waals surface area contributed by atoms with Gasteiger partial charge in [-0.15, -0.1) is 0 Å². The molecule has 10 heteroatoms. The lowest BCUT2D eigenvalue weighted by Gasteiger charge is -2.42. The van der Waals surface area contributed by atoms with Crippen molar-refractivity contribution in [3.63, 3.8) is 0 Å². The number of rotatable bonds is 8. The normalized spacial score (nSPS) is 17.5. The molecule has 1 aliphatic rings. The Hall–Kier alpha value is -3.69. The molecule has 10 nitrogen and oxygen atoms in total. The Morgan fingerprint density at radius 2 is 1.74 bits per heavy atom. The maximum Gasteiger partial charge on any atom is 0.410 e. The van der Waals surface area contributed by atoms with Crippen LogP contribution in [0.2, 0.25) is 0 Å². The smallest absolute Gasteiger partial charge is 0.410 e. The Bertz CT molecular complexity index is 1240. The highest BCUT2D eigenvalue weighted by atomic mass is 16.6. The molecule has 3 rings (SSSR count). The van der Waals surface area contributed by atoms with Gasteiger partial charge < -0.3 is 24.6 Å². The zero-order chi connectivity index (χ0) is 31.2. The zero-order valence-corrected chi connectivity index (χ0v) is 26.6. The number of piperidine rings is 1. The summed E-state index contributed by atoms with van der Waals surface area (Å²) in [6.07, 6.45) is 1.42. The van der Waals surface area contributed by atoms with Crippen molar-refractivity contribution >= 4 is 23.8 Å². The molecule has 1 saturated heterocycles. The van der Waals surface area contributed by atoms with Crippen LogP contribution in [0, 0.1) is 11.8 Å². The van der Waals surface area contributed by atoms with Crippen LogP contribution in [0.5, 0.6) is 0 Å². The second-order valence-electron chi connectivity index (χ2n) is 13.4. The SMILES string of the molecule is COC(=O)C1C[C@H](N(CC(C)C)C(=O)c2cnc(C(C)(C)C)nc2NCc2ccccc2)CN(C(=O)OC(C)(C)C)C1. The van der Waals surface area contributed by atoms with Crippen LogP contribution in [-0.2, 0) is 26.2 Å². The van der Waals surface area contributed by atoms with Gasteiger partial charge in [0.05, 0.1) is 19.1 Å². The van der Waals surface area contributed by atoms with Gasteiger partial charge in [-0.25, -0.2) is 14.8 Å². The second kappa shape index (κ2) is 13.5. The number of ether oxygens (including phenoxy) is 2. The maximum atomic E-state index is 14.4. The summed E-state index contributed by atoms with van der Waals surface area (Å²) in [6.45, 7) is 16.8. The molecule has 1 unspecified atom stereocenters. The van der Waals surface area contributed by atoms with Crippen LogP contribution in [0.15, 0.2) is 36.5 Å². The number of nitrogens with zero attached hydrogens (tertiary/aromatic N) is 4. The van der Waals surface area contributed by atoms with E-state index in [2.05, 4.69) is 10.3 Å². The van der Waals surface area contributed by atoms with Gasteiger partial charge in [0.15, 0.2) is 0 Å². The van der Waals surface area contributed by atoms with Gasteiger partial charge in [-0.1, -0.05) is 65.0 Å². The van der Waals surface area contributed by atoms with Crippen molar-refractivity contribution < 1.29 is 23.9 Å². The van der Waals surface area contributed by atoms with Gasteiger partial charge in [-0.2, -0.15) is 0 Å². The van der Waals surface area contributed by atoms with Gasteiger partial charge in [0.1, 0.15) is 22.8 Å². The number of benzene rings is 1. The fourth-order valence-electron chi connectivity index (χ4n) is 4.87. The van der Waals surface area contributed by atoms with Crippen molar-refractivity contribution in [2.75, 3.05) is 32.1 Å². The molecule has 1 aromatic heterocycles. The first-order valence-corrected chi connectivity index (χ1v) is 14.6. The average Bonchev–Trinajstić information content (AvgIpc) is 2.92. The molecule has 1 aromatic carbocycles. The molecule has 0 bridgehead atoms.